The average molecular weight is 669 g/mol. The minimum absolute atomic E-state index is 0.294. The van der Waals surface area contributed by atoms with Gasteiger partial charge < -0.3 is 9.13 Å². The maximum absolute atomic E-state index is 2.50. The number of benzene rings is 4. The lowest BCUT2D eigenvalue weighted by Crippen LogP contribution is -2.37. The Balaban J connectivity index is 1.05. The quantitative estimate of drug-likeness (QED) is 0.177. The van der Waals surface area contributed by atoms with Crippen molar-refractivity contribution in [3.8, 4) is 11.4 Å². The molecule has 0 amide bonds. The third kappa shape index (κ3) is 4.43. The fraction of sp³-hybridized carbons (Fsp3) is 0.160. The van der Waals surface area contributed by atoms with Crippen LogP contribution in [0.2, 0.25) is 0 Å². The number of rotatable bonds is 4. The van der Waals surface area contributed by atoms with E-state index in [0.29, 0.717) is 5.92 Å². The fourth-order valence-electron chi connectivity index (χ4n) is 9.89. The Labute approximate surface area is 305 Å². The third-order valence-corrected chi connectivity index (χ3v) is 12.1. The Morgan fingerprint density at radius 2 is 1.08 bits per heavy atom. The maximum Gasteiger partial charge on any atom is 0.0537 e. The van der Waals surface area contributed by atoms with E-state index in [2.05, 4.69) is 161 Å². The highest BCUT2D eigenvalue weighted by Crippen LogP contribution is 2.42. The lowest BCUT2D eigenvalue weighted by atomic mass is 9.72. The summed E-state index contributed by atoms with van der Waals surface area (Å²) in [5.74, 6) is 0.294. The molecule has 2 aromatic heterocycles. The molecule has 0 spiro atoms. The van der Waals surface area contributed by atoms with Crippen LogP contribution in [0, 0.1) is 5.92 Å². The summed E-state index contributed by atoms with van der Waals surface area (Å²) in [6, 6.07) is 36.8. The van der Waals surface area contributed by atoms with E-state index in [9.17, 15) is 0 Å². The van der Waals surface area contributed by atoms with E-state index in [1.807, 2.05) is 0 Å². The van der Waals surface area contributed by atoms with Gasteiger partial charge in [-0.1, -0.05) is 103 Å². The van der Waals surface area contributed by atoms with Gasteiger partial charge in [-0.25, -0.2) is 0 Å². The van der Waals surface area contributed by atoms with E-state index in [1.165, 1.54) is 83.2 Å². The molecule has 250 valence electrons. The molecule has 0 aliphatic heterocycles. The summed E-state index contributed by atoms with van der Waals surface area (Å²) in [4.78, 5) is 0. The molecule has 6 aromatic rings. The zero-order chi connectivity index (χ0) is 34.2. The van der Waals surface area contributed by atoms with Crippen LogP contribution in [0.3, 0.4) is 0 Å². The maximum atomic E-state index is 2.50. The molecule has 1 unspecified atom stereocenters. The second kappa shape index (κ2) is 11.9. The molecule has 5 aliphatic carbocycles. The first kappa shape index (κ1) is 29.8. The molecule has 0 N–H and O–H groups in total. The predicted octanol–water partition coefficient (Wildman–Crippen LogP) is 10.2. The molecule has 52 heavy (non-hydrogen) atoms. The molecule has 1 atom stereocenters. The predicted molar refractivity (Wildman–Crippen MR) is 217 cm³/mol. The normalized spacial score (nSPS) is 18.2. The number of hydrogen-bond donors (Lipinski definition) is 0. The Morgan fingerprint density at radius 3 is 1.79 bits per heavy atom. The molecule has 0 saturated carbocycles. The number of hydrogen-bond acceptors (Lipinski definition) is 0. The summed E-state index contributed by atoms with van der Waals surface area (Å²) in [6.45, 7) is 0. The Bertz CT molecular complexity index is 2690. The smallest absolute Gasteiger partial charge is 0.0537 e. The van der Waals surface area contributed by atoms with E-state index >= 15 is 0 Å². The van der Waals surface area contributed by atoms with Gasteiger partial charge in [0.1, 0.15) is 0 Å². The van der Waals surface area contributed by atoms with Gasteiger partial charge in [0.15, 0.2) is 0 Å². The Morgan fingerprint density at radius 1 is 0.500 bits per heavy atom. The van der Waals surface area contributed by atoms with Gasteiger partial charge >= 0.3 is 0 Å². The monoisotopic (exact) mass is 668 g/mol. The highest BCUT2D eigenvalue weighted by atomic mass is 15.0. The van der Waals surface area contributed by atoms with E-state index in [-0.39, 0.29) is 0 Å². The van der Waals surface area contributed by atoms with Crippen molar-refractivity contribution in [2.75, 3.05) is 0 Å². The van der Waals surface area contributed by atoms with Gasteiger partial charge in [-0.15, -0.1) is 0 Å². The number of allylic oxidation sites excluding steroid dienone is 7. The standard InChI is InChI=1S/C50H40N2/c1-2-18-42-41(17-1)49(33-25-29-35(30-26-33)51-45-21-9-5-13-37(45)38-14-6-10-22-46(38)51)43-19-3-4-20-44(43)50(42)34-27-31-36(32-28-34)52-47-23-11-7-15-39(47)40-16-8-12-24-48(40)52/h1-5,9-13,17-18,20-32,43H,6-8,14-16,19H2. The molecule has 0 fully saturated rings. The highest BCUT2D eigenvalue weighted by Gasteiger charge is 2.30. The summed E-state index contributed by atoms with van der Waals surface area (Å²) < 4.78 is 4.96. The summed E-state index contributed by atoms with van der Waals surface area (Å²) in [5, 5.41) is 4.05. The third-order valence-electron chi connectivity index (χ3n) is 12.1. The topological polar surface area (TPSA) is 9.86 Å². The zero-order valence-electron chi connectivity index (χ0n) is 29.4. The number of aromatic nitrogens is 2. The summed E-state index contributed by atoms with van der Waals surface area (Å²) in [5.41, 5.74) is 19.2. The van der Waals surface area contributed by atoms with Crippen molar-refractivity contribution in [3.05, 3.63) is 194 Å². The summed E-state index contributed by atoms with van der Waals surface area (Å²) in [7, 11) is 0. The minimum atomic E-state index is 0.294. The summed E-state index contributed by atoms with van der Waals surface area (Å²) in [6.07, 6.45) is 28.8. The molecular formula is C50H40N2. The highest BCUT2D eigenvalue weighted by molar-refractivity contribution is 5.92. The van der Waals surface area contributed by atoms with Crippen molar-refractivity contribution < 1.29 is 0 Å². The first-order valence-corrected chi connectivity index (χ1v) is 19.1. The van der Waals surface area contributed by atoms with Crippen LogP contribution < -0.4 is 10.4 Å². The Hall–Kier alpha value is -5.86. The molecule has 2 heteroatoms. The molecule has 4 aromatic carbocycles. The number of fused-ring (bicyclic) bond motifs is 8. The molecule has 0 saturated heterocycles. The fourth-order valence-corrected chi connectivity index (χ4v) is 9.89. The molecular weight excluding hydrogens is 629 g/mol. The van der Waals surface area contributed by atoms with E-state index in [4.69, 9.17) is 0 Å². The first-order chi connectivity index (χ1) is 25.8. The van der Waals surface area contributed by atoms with Gasteiger partial charge in [-0.3, -0.25) is 0 Å². The second-order valence-electron chi connectivity index (χ2n) is 14.9. The van der Waals surface area contributed by atoms with Crippen molar-refractivity contribution in [1.29, 1.82) is 0 Å². The molecule has 5 aliphatic rings. The number of aryl methyl sites for hydroxylation is 1. The largest absolute Gasteiger partial charge is 0.310 e. The van der Waals surface area contributed by atoms with Crippen LogP contribution >= 0.6 is 0 Å². The average Bonchev–Trinajstić information content (AvgIpc) is 3.73. The SMILES string of the molecule is C1=CCC2C(=C1)C(c1ccc(-n3c4c(c5c3C=CCC5)CCC=C4)cc1)=c1ccccc1=C2c1ccc(-n2c3c(c4ccccc42)CCC=C3)cc1. The molecule has 0 bridgehead atoms. The van der Waals surface area contributed by atoms with Crippen molar-refractivity contribution in [1.82, 2.24) is 9.13 Å². The van der Waals surface area contributed by atoms with Gasteiger partial charge in [0.25, 0.3) is 0 Å². The van der Waals surface area contributed by atoms with Gasteiger partial charge in [0, 0.05) is 39.8 Å². The molecule has 2 heterocycles. The Kier molecular flexibility index (Phi) is 6.80. The minimum Gasteiger partial charge on any atom is -0.310 e. The van der Waals surface area contributed by atoms with Gasteiger partial charge in [-0.05, 0) is 148 Å². The van der Waals surface area contributed by atoms with Crippen LogP contribution in [0.15, 0.2) is 139 Å². The van der Waals surface area contributed by atoms with Crippen molar-refractivity contribution in [3.63, 3.8) is 0 Å². The summed E-state index contributed by atoms with van der Waals surface area (Å²) >= 11 is 0. The van der Waals surface area contributed by atoms with Crippen LogP contribution in [0.5, 0.6) is 0 Å². The van der Waals surface area contributed by atoms with Gasteiger partial charge in [-0.2, -0.15) is 0 Å². The van der Waals surface area contributed by atoms with Crippen LogP contribution in [0.25, 0.3) is 51.7 Å². The number of nitrogens with zero attached hydrogens (tertiary/aromatic N) is 2. The van der Waals surface area contributed by atoms with Gasteiger partial charge in [0.2, 0.25) is 0 Å². The van der Waals surface area contributed by atoms with Crippen LogP contribution in [-0.4, -0.2) is 9.13 Å². The van der Waals surface area contributed by atoms with Crippen LogP contribution in [-0.2, 0) is 19.3 Å². The zero-order valence-corrected chi connectivity index (χ0v) is 29.4. The van der Waals surface area contributed by atoms with Crippen molar-refractivity contribution in [2.45, 2.75) is 44.9 Å². The molecule has 11 rings (SSSR count). The molecule has 0 radical (unpaired) electrons. The van der Waals surface area contributed by atoms with E-state index in [0.717, 1.165) is 44.9 Å². The second-order valence-corrected chi connectivity index (χ2v) is 14.9. The van der Waals surface area contributed by atoms with Crippen LogP contribution in [0.1, 0.15) is 70.6 Å². The van der Waals surface area contributed by atoms with Crippen molar-refractivity contribution in [2.24, 2.45) is 5.92 Å². The van der Waals surface area contributed by atoms with Crippen molar-refractivity contribution >= 4 is 40.3 Å². The van der Waals surface area contributed by atoms with Crippen LogP contribution in [0.4, 0.5) is 0 Å². The van der Waals surface area contributed by atoms with E-state index in [1.54, 1.807) is 11.1 Å². The lowest BCUT2D eigenvalue weighted by Gasteiger charge is -2.31. The van der Waals surface area contributed by atoms with E-state index < -0.39 is 0 Å². The number of para-hydroxylation sites is 1. The molecule has 2 nitrogen and oxygen atoms in total. The lowest BCUT2D eigenvalue weighted by molar-refractivity contribution is 0.797. The first-order valence-electron chi connectivity index (χ1n) is 19.1. The van der Waals surface area contributed by atoms with Gasteiger partial charge in [0.05, 0.1) is 5.52 Å².